The van der Waals surface area contributed by atoms with Gasteiger partial charge in [-0.05, 0) is 50.1 Å². The van der Waals surface area contributed by atoms with Crippen molar-refractivity contribution in [3.8, 4) is 11.3 Å². The molecule has 2 atom stereocenters. The number of aryl methyl sites for hydroxylation is 3. The molecule has 2 aliphatic rings. The number of ketones is 1. The first-order chi connectivity index (χ1) is 15.4. The van der Waals surface area contributed by atoms with E-state index < -0.39 is 11.9 Å². The summed E-state index contributed by atoms with van der Waals surface area (Å²) in [5.41, 5.74) is 4.91. The fraction of sp³-hybridized carbons (Fsp3) is 0.280. The number of Topliss-reactive ketones (excluding diaryl/α,β-unsaturated/α-hetero) is 1. The molecule has 2 aliphatic heterocycles. The first-order valence-electron chi connectivity index (χ1n) is 10.7. The maximum absolute atomic E-state index is 15.0. The van der Waals surface area contributed by atoms with E-state index in [1.807, 2.05) is 50.1 Å². The molecule has 162 valence electrons. The molecule has 2 unspecified atom stereocenters. The zero-order chi connectivity index (χ0) is 22.4. The fourth-order valence-corrected chi connectivity index (χ4v) is 4.53. The number of nitrogens with one attached hydrogen (secondary N) is 1. The van der Waals surface area contributed by atoms with E-state index in [1.54, 1.807) is 18.3 Å². The largest absolute Gasteiger partial charge is 0.316 e. The number of nitrogens with zero attached hydrogens (tertiary/aromatic N) is 4. The lowest BCUT2D eigenvalue weighted by atomic mass is 9.91. The number of fused-ring (bicyclic) bond motifs is 1. The van der Waals surface area contributed by atoms with Gasteiger partial charge in [-0.1, -0.05) is 18.2 Å². The van der Waals surface area contributed by atoms with Crippen LogP contribution in [0.15, 0.2) is 54.4 Å². The molecule has 0 radical (unpaired) electrons. The highest BCUT2D eigenvalue weighted by Crippen LogP contribution is 2.34. The van der Waals surface area contributed by atoms with Crippen LogP contribution in [0.3, 0.4) is 0 Å². The molecule has 0 bridgehead atoms. The summed E-state index contributed by atoms with van der Waals surface area (Å²) >= 11 is 0. The van der Waals surface area contributed by atoms with E-state index in [1.165, 1.54) is 6.07 Å². The van der Waals surface area contributed by atoms with Gasteiger partial charge >= 0.3 is 0 Å². The van der Waals surface area contributed by atoms with Crippen molar-refractivity contribution >= 4 is 11.7 Å². The second kappa shape index (κ2) is 7.91. The predicted molar refractivity (Wildman–Crippen MR) is 121 cm³/mol. The van der Waals surface area contributed by atoms with E-state index in [2.05, 4.69) is 20.3 Å². The maximum atomic E-state index is 15.0. The molecule has 1 N–H and O–H groups in total. The zero-order valence-corrected chi connectivity index (χ0v) is 18.3. The Bertz CT molecular complexity index is 1220. The van der Waals surface area contributed by atoms with Gasteiger partial charge in [-0.25, -0.2) is 14.4 Å². The average Bonchev–Trinajstić information content (AvgIpc) is 3.34. The van der Waals surface area contributed by atoms with E-state index in [0.29, 0.717) is 30.3 Å². The van der Waals surface area contributed by atoms with Gasteiger partial charge in [0.05, 0.1) is 17.3 Å². The second-order valence-corrected chi connectivity index (χ2v) is 8.52. The van der Waals surface area contributed by atoms with Crippen molar-refractivity contribution < 1.29 is 9.18 Å². The predicted octanol–water partition coefficient (Wildman–Crippen LogP) is 3.78. The number of hydrogen-bond donors (Lipinski definition) is 1. The summed E-state index contributed by atoms with van der Waals surface area (Å²) in [6, 6.07) is 9.76. The molecule has 6 nitrogen and oxygen atoms in total. The Labute approximate surface area is 186 Å². The van der Waals surface area contributed by atoms with Crippen LogP contribution in [0.5, 0.6) is 0 Å². The monoisotopic (exact) mass is 429 g/mol. The van der Waals surface area contributed by atoms with Crippen LogP contribution < -0.4 is 10.2 Å². The van der Waals surface area contributed by atoms with Crippen LogP contribution in [0.2, 0.25) is 0 Å². The summed E-state index contributed by atoms with van der Waals surface area (Å²) in [6.45, 7) is 7.16. The molecular weight excluding hydrogens is 405 g/mol. The van der Waals surface area contributed by atoms with Crippen molar-refractivity contribution in [1.29, 1.82) is 0 Å². The summed E-state index contributed by atoms with van der Waals surface area (Å²) in [4.78, 5) is 29.1. The Morgan fingerprint density at radius 3 is 2.62 bits per heavy atom. The highest BCUT2D eigenvalue weighted by molar-refractivity contribution is 6.07. The van der Waals surface area contributed by atoms with Crippen LogP contribution >= 0.6 is 0 Å². The second-order valence-electron chi connectivity index (χ2n) is 8.52. The Morgan fingerprint density at radius 1 is 1.12 bits per heavy atom. The number of carbonyl (C=O) groups is 1. The summed E-state index contributed by atoms with van der Waals surface area (Å²) in [7, 11) is 0. The van der Waals surface area contributed by atoms with Crippen molar-refractivity contribution in [3.63, 3.8) is 0 Å². The van der Waals surface area contributed by atoms with Crippen LogP contribution in [-0.2, 0) is 0 Å². The first-order valence-corrected chi connectivity index (χ1v) is 10.7. The lowest BCUT2D eigenvalue weighted by molar-refractivity contribution is 0.0963. The summed E-state index contributed by atoms with van der Waals surface area (Å²) in [5.74, 6) is -0.0298. The van der Waals surface area contributed by atoms with Gasteiger partial charge in [0.25, 0.3) is 0 Å². The number of benzene rings is 1. The molecule has 2 aromatic heterocycles. The van der Waals surface area contributed by atoms with Gasteiger partial charge in [-0.3, -0.25) is 9.78 Å². The minimum Gasteiger partial charge on any atom is -0.316 e. The van der Waals surface area contributed by atoms with E-state index in [-0.39, 0.29) is 17.3 Å². The standard InChI is InChI=1S/C25H24FN5O/c1-14-7-8-21(27-10-14)18-5-4-6-20(26)22(18)24(32)23-19-13-31(12-17(19)11-28-23)25-29-15(2)9-16(3)30-25/h4-10,13,17,23,28H,11-12H2,1-3H3. The van der Waals surface area contributed by atoms with Crippen LogP contribution in [0.1, 0.15) is 27.3 Å². The molecule has 5 rings (SSSR count). The molecule has 0 spiro atoms. The van der Waals surface area contributed by atoms with Crippen LogP contribution in [0.25, 0.3) is 11.3 Å². The fourth-order valence-electron chi connectivity index (χ4n) is 4.53. The molecule has 3 aromatic rings. The summed E-state index contributed by atoms with van der Waals surface area (Å²) in [6.07, 6.45) is 3.67. The van der Waals surface area contributed by atoms with Crippen molar-refractivity contribution in [1.82, 2.24) is 20.3 Å². The SMILES string of the molecule is Cc1ccc(-c2cccc(F)c2C(=O)C2NCC3CN(c4nc(C)cc(C)n4)C=C32)nc1. The number of anilines is 1. The highest BCUT2D eigenvalue weighted by Gasteiger charge is 2.41. The third-order valence-corrected chi connectivity index (χ3v) is 6.03. The number of carbonyl (C=O) groups excluding carboxylic acids is 1. The van der Waals surface area contributed by atoms with Crippen LogP contribution in [0, 0.1) is 32.5 Å². The molecule has 1 saturated heterocycles. The maximum Gasteiger partial charge on any atom is 0.229 e. The van der Waals surface area contributed by atoms with Crippen molar-refractivity contribution in [3.05, 3.63) is 82.7 Å². The van der Waals surface area contributed by atoms with E-state index in [9.17, 15) is 9.18 Å². The van der Waals surface area contributed by atoms with Crippen molar-refractivity contribution in [2.45, 2.75) is 26.8 Å². The molecule has 0 saturated carbocycles. The minimum absolute atomic E-state index is 0.0732. The Balaban J connectivity index is 1.50. The molecule has 1 fully saturated rings. The number of rotatable bonds is 4. The van der Waals surface area contributed by atoms with E-state index >= 15 is 0 Å². The normalized spacial score (nSPS) is 19.8. The van der Waals surface area contributed by atoms with E-state index in [4.69, 9.17) is 0 Å². The zero-order valence-electron chi connectivity index (χ0n) is 18.3. The Kier molecular flexibility index (Phi) is 5.06. The van der Waals surface area contributed by atoms with Gasteiger partial charge < -0.3 is 10.2 Å². The van der Waals surface area contributed by atoms with Gasteiger partial charge in [0.1, 0.15) is 5.82 Å². The molecule has 7 heteroatoms. The molecule has 1 aromatic carbocycles. The third-order valence-electron chi connectivity index (χ3n) is 6.03. The summed E-state index contributed by atoms with van der Waals surface area (Å²) in [5, 5.41) is 3.29. The number of pyridine rings is 1. The Morgan fingerprint density at radius 2 is 1.91 bits per heavy atom. The summed E-state index contributed by atoms with van der Waals surface area (Å²) < 4.78 is 15.0. The average molecular weight is 429 g/mol. The minimum atomic E-state index is -0.586. The number of aromatic nitrogens is 3. The van der Waals surface area contributed by atoms with Crippen LogP contribution in [0.4, 0.5) is 10.3 Å². The van der Waals surface area contributed by atoms with Gasteiger partial charge in [0, 0.05) is 48.4 Å². The van der Waals surface area contributed by atoms with Gasteiger partial charge in [-0.15, -0.1) is 0 Å². The van der Waals surface area contributed by atoms with Crippen molar-refractivity contribution in [2.75, 3.05) is 18.0 Å². The lowest BCUT2D eigenvalue weighted by Gasteiger charge is -2.17. The van der Waals surface area contributed by atoms with E-state index in [0.717, 1.165) is 22.5 Å². The van der Waals surface area contributed by atoms with Crippen LogP contribution in [-0.4, -0.2) is 39.9 Å². The van der Waals surface area contributed by atoms with Gasteiger partial charge in [-0.2, -0.15) is 0 Å². The lowest BCUT2D eigenvalue weighted by Crippen LogP contribution is -2.34. The van der Waals surface area contributed by atoms with Gasteiger partial charge in [0.2, 0.25) is 5.95 Å². The number of hydrogen-bond acceptors (Lipinski definition) is 6. The molecular formula is C25H24FN5O. The topological polar surface area (TPSA) is 71.0 Å². The molecule has 4 heterocycles. The van der Waals surface area contributed by atoms with Gasteiger partial charge in [0.15, 0.2) is 5.78 Å². The molecule has 32 heavy (non-hydrogen) atoms. The quantitative estimate of drug-likeness (QED) is 0.637. The molecule has 0 amide bonds. The highest BCUT2D eigenvalue weighted by atomic mass is 19.1. The first kappa shape index (κ1) is 20.5. The Hall–Kier alpha value is -3.45. The third kappa shape index (κ3) is 3.58. The smallest absolute Gasteiger partial charge is 0.229 e. The number of halogens is 1. The molecule has 0 aliphatic carbocycles. The van der Waals surface area contributed by atoms with Crippen molar-refractivity contribution in [2.24, 2.45) is 5.92 Å².